The van der Waals surface area contributed by atoms with Crippen molar-refractivity contribution in [2.45, 2.75) is 39.7 Å². The molecule has 2 heterocycles. The predicted molar refractivity (Wildman–Crippen MR) is 103 cm³/mol. The lowest BCUT2D eigenvalue weighted by Crippen LogP contribution is -2.32. The third-order valence-corrected chi connectivity index (χ3v) is 4.96. The molecule has 0 N–H and O–H groups in total. The highest BCUT2D eigenvalue weighted by atomic mass is 16.3. The zero-order chi connectivity index (χ0) is 18.5. The molecule has 3 rings (SSSR count). The average molecular weight is 353 g/mol. The van der Waals surface area contributed by atoms with Crippen molar-refractivity contribution in [1.82, 2.24) is 9.91 Å². The minimum absolute atomic E-state index is 0.0420. The minimum Gasteiger partial charge on any atom is -0.467 e. The first-order valence-corrected chi connectivity index (χ1v) is 9.34. The Morgan fingerprint density at radius 1 is 1.23 bits per heavy atom. The molecule has 0 fully saturated rings. The molecule has 0 saturated heterocycles. The van der Waals surface area contributed by atoms with E-state index in [-0.39, 0.29) is 11.9 Å². The molecule has 1 aliphatic rings. The van der Waals surface area contributed by atoms with Crippen LogP contribution in [0.1, 0.15) is 49.6 Å². The molecule has 1 atom stereocenters. The van der Waals surface area contributed by atoms with Crippen LogP contribution < -0.4 is 0 Å². The number of aryl methyl sites for hydroxylation is 1. The summed E-state index contributed by atoms with van der Waals surface area (Å²) in [6.07, 6.45) is 2.79. The fourth-order valence-electron chi connectivity index (χ4n) is 3.27. The number of nitrogens with zero attached hydrogens (tertiary/aromatic N) is 3. The number of carbonyl (C=O) groups excluding carboxylic acids is 1. The number of hydrazone groups is 1. The van der Waals surface area contributed by atoms with Gasteiger partial charge in [0.15, 0.2) is 0 Å². The summed E-state index contributed by atoms with van der Waals surface area (Å²) >= 11 is 0. The lowest BCUT2D eigenvalue weighted by atomic mass is 10.0. The molecular weight excluding hydrogens is 326 g/mol. The van der Waals surface area contributed by atoms with Gasteiger partial charge in [0.1, 0.15) is 11.8 Å². The molecule has 0 saturated carbocycles. The molecular formula is C21H27N3O2. The Balaban J connectivity index is 1.80. The zero-order valence-corrected chi connectivity index (χ0v) is 15.8. The lowest BCUT2D eigenvalue weighted by Gasteiger charge is -2.22. The van der Waals surface area contributed by atoms with E-state index < -0.39 is 0 Å². The van der Waals surface area contributed by atoms with E-state index in [9.17, 15) is 4.79 Å². The summed E-state index contributed by atoms with van der Waals surface area (Å²) in [5.41, 5.74) is 3.20. The van der Waals surface area contributed by atoms with Gasteiger partial charge in [-0.1, -0.05) is 43.7 Å². The molecule has 2 aromatic rings. The first-order valence-electron chi connectivity index (χ1n) is 9.34. The molecule has 138 valence electrons. The van der Waals surface area contributed by atoms with Gasteiger partial charge in [-0.05, 0) is 37.7 Å². The number of rotatable bonds is 7. The number of amides is 1. The second kappa shape index (κ2) is 8.32. The Morgan fingerprint density at radius 2 is 1.96 bits per heavy atom. The fourth-order valence-corrected chi connectivity index (χ4v) is 3.27. The summed E-state index contributed by atoms with van der Waals surface area (Å²) in [5, 5.41) is 6.30. The molecule has 1 aromatic heterocycles. The van der Waals surface area contributed by atoms with Crippen molar-refractivity contribution in [3.63, 3.8) is 0 Å². The van der Waals surface area contributed by atoms with Gasteiger partial charge < -0.3 is 9.32 Å². The number of hydrogen-bond donors (Lipinski definition) is 0. The summed E-state index contributed by atoms with van der Waals surface area (Å²) in [5.74, 6) is 0.826. The Kier molecular flexibility index (Phi) is 5.89. The average Bonchev–Trinajstić information content (AvgIpc) is 3.32. The maximum Gasteiger partial charge on any atom is 0.244 e. The first kappa shape index (κ1) is 18.4. The van der Waals surface area contributed by atoms with Crippen molar-refractivity contribution in [2.75, 3.05) is 19.6 Å². The summed E-state index contributed by atoms with van der Waals surface area (Å²) in [6.45, 7) is 8.94. The number of hydrogen-bond acceptors (Lipinski definition) is 4. The molecule has 5 heteroatoms. The van der Waals surface area contributed by atoms with E-state index >= 15 is 0 Å². The molecule has 0 aliphatic carbocycles. The molecule has 0 spiro atoms. The normalized spacial score (nSPS) is 17.0. The molecule has 0 bridgehead atoms. The summed E-state index contributed by atoms with van der Waals surface area (Å²) in [4.78, 5) is 15.1. The largest absolute Gasteiger partial charge is 0.467 e. The second-order valence-corrected chi connectivity index (χ2v) is 6.66. The van der Waals surface area contributed by atoms with Crippen LogP contribution in [0.4, 0.5) is 0 Å². The minimum atomic E-state index is -0.162. The quantitative estimate of drug-likeness (QED) is 0.756. The Bertz CT molecular complexity index is 746. The van der Waals surface area contributed by atoms with Crippen molar-refractivity contribution in [1.29, 1.82) is 0 Å². The molecule has 5 nitrogen and oxygen atoms in total. The summed E-state index contributed by atoms with van der Waals surface area (Å²) in [7, 11) is 0. The summed E-state index contributed by atoms with van der Waals surface area (Å²) < 4.78 is 5.59. The monoisotopic (exact) mass is 353 g/mol. The first-order chi connectivity index (χ1) is 12.6. The van der Waals surface area contributed by atoms with E-state index in [1.807, 2.05) is 12.1 Å². The standard InChI is InChI=1S/C21H27N3O2/c1-4-23(5-2)13-12-21(25)24-19(20-7-6-14-26-20)15-18(22-24)17-10-8-16(3)9-11-17/h6-11,14,19H,4-5,12-13,15H2,1-3H3/t19-/m0/s1. The Morgan fingerprint density at radius 3 is 2.58 bits per heavy atom. The Hall–Kier alpha value is -2.40. The van der Waals surface area contributed by atoms with Gasteiger partial charge in [-0.2, -0.15) is 5.10 Å². The van der Waals surface area contributed by atoms with Crippen LogP contribution in [0, 0.1) is 6.92 Å². The second-order valence-electron chi connectivity index (χ2n) is 6.66. The maximum atomic E-state index is 12.9. The van der Waals surface area contributed by atoms with Crippen molar-refractivity contribution in [2.24, 2.45) is 5.10 Å². The van der Waals surface area contributed by atoms with Gasteiger partial charge >= 0.3 is 0 Å². The van der Waals surface area contributed by atoms with Crippen LogP contribution in [0.15, 0.2) is 52.2 Å². The maximum absolute atomic E-state index is 12.9. The van der Waals surface area contributed by atoms with E-state index in [2.05, 4.69) is 55.0 Å². The number of benzene rings is 1. The van der Waals surface area contributed by atoms with Crippen LogP contribution in [-0.2, 0) is 4.79 Å². The predicted octanol–water partition coefficient (Wildman–Crippen LogP) is 4.00. The lowest BCUT2D eigenvalue weighted by molar-refractivity contribution is -0.133. The summed E-state index contributed by atoms with van der Waals surface area (Å²) in [6, 6.07) is 11.9. The van der Waals surface area contributed by atoms with Gasteiger partial charge in [-0.15, -0.1) is 0 Å². The van der Waals surface area contributed by atoms with Crippen molar-refractivity contribution < 1.29 is 9.21 Å². The van der Waals surface area contributed by atoms with Crippen molar-refractivity contribution in [3.05, 3.63) is 59.5 Å². The van der Waals surface area contributed by atoms with Gasteiger partial charge in [-0.25, -0.2) is 5.01 Å². The number of furan rings is 1. The molecule has 1 aliphatic heterocycles. The van der Waals surface area contributed by atoms with Gasteiger partial charge in [0.2, 0.25) is 5.91 Å². The number of carbonyl (C=O) groups is 1. The topological polar surface area (TPSA) is 49.1 Å². The molecule has 0 unspecified atom stereocenters. The third-order valence-electron chi connectivity index (χ3n) is 4.96. The van der Waals surface area contributed by atoms with Gasteiger partial charge in [0, 0.05) is 19.4 Å². The highest BCUT2D eigenvalue weighted by molar-refractivity contribution is 6.03. The third kappa shape index (κ3) is 4.05. The smallest absolute Gasteiger partial charge is 0.244 e. The SMILES string of the molecule is CCN(CC)CCC(=O)N1N=C(c2ccc(C)cc2)C[C@H]1c1ccco1. The van der Waals surface area contributed by atoms with Crippen molar-refractivity contribution >= 4 is 11.6 Å². The van der Waals surface area contributed by atoms with Crippen LogP contribution in [0.25, 0.3) is 0 Å². The molecule has 26 heavy (non-hydrogen) atoms. The van der Waals surface area contributed by atoms with E-state index in [4.69, 9.17) is 4.42 Å². The van der Waals surface area contributed by atoms with E-state index in [0.717, 1.165) is 36.7 Å². The van der Waals surface area contributed by atoms with Gasteiger partial charge in [-0.3, -0.25) is 4.79 Å². The molecule has 1 aromatic carbocycles. The van der Waals surface area contributed by atoms with E-state index in [0.29, 0.717) is 12.8 Å². The molecule has 1 amide bonds. The van der Waals surface area contributed by atoms with Gasteiger partial charge in [0.05, 0.1) is 12.0 Å². The van der Waals surface area contributed by atoms with Crippen LogP contribution in [0.2, 0.25) is 0 Å². The van der Waals surface area contributed by atoms with Crippen LogP contribution in [0.3, 0.4) is 0 Å². The van der Waals surface area contributed by atoms with Crippen LogP contribution in [0.5, 0.6) is 0 Å². The highest BCUT2D eigenvalue weighted by Crippen LogP contribution is 2.33. The van der Waals surface area contributed by atoms with Gasteiger partial charge in [0.25, 0.3) is 0 Å². The highest BCUT2D eigenvalue weighted by Gasteiger charge is 2.34. The Labute approximate surface area is 155 Å². The molecule has 0 radical (unpaired) electrons. The van der Waals surface area contributed by atoms with E-state index in [1.165, 1.54) is 5.56 Å². The van der Waals surface area contributed by atoms with Crippen LogP contribution >= 0.6 is 0 Å². The van der Waals surface area contributed by atoms with Crippen molar-refractivity contribution in [3.8, 4) is 0 Å². The zero-order valence-electron chi connectivity index (χ0n) is 15.8. The fraction of sp³-hybridized carbons (Fsp3) is 0.429. The van der Waals surface area contributed by atoms with E-state index in [1.54, 1.807) is 11.3 Å². The van der Waals surface area contributed by atoms with Crippen LogP contribution in [-0.4, -0.2) is 41.2 Å².